The summed E-state index contributed by atoms with van der Waals surface area (Å²) in [5.74, 6) is 0. The number of hydrogen-bond donors (Lipinski definition) is 0. The lowest BCUT2D eigenvalue weighted by atomic mass is 10.2. The lowest BCUT2D eigenvalue weighted by Gasteiger charge is -2.08. The molecule has 0 amide bonds. The zero-order chi connectivity index (χ0) is 19.6. The third kappa shape index (κ3) is 16.8. The predicted molar refractivity (Wildman–Crippen MR) is 100 cm³/mol. The molecule has 27 heavy (non-hydrogen) atoms. The molecule has 0 N–H and O–H groups in total. The van der Waals surface area contributed by atoms with E-state index in [0.717, 1.165) is 11.8 Å². The summed E-state index contributed by atoms with van der Waals surface area (Å²) in [6.07, 6.45) is 1.00. The molecular weight excluding hydrogens is 376 g/mol. The van der Waals surface area contributed by atoms with Crippen LogP contribution in [0.4, 0.5) is 0 Å². The van der Waals surface area contributed by atoms with Crippen LogP contribution in [0.3, 0.4) is 0 Å². The van der Waals surface area contributed by atoms with E-state index in [-0.39, 0.29) is 13.2 Å². The van der Waals surface area contributed by atoms with Gasteiger partial charge in [0.15, 0.2) is 0 Å². The number of ether oxygens (including phenoxy) is 5. The molecule has 0 bridgehead atoms. The van der Waals surface area contributed by atoms with E-state index in [2.05, 4.69) is 4.18 Å². The monoisotopic (exact) mass is 406 g/mol. The van der Waals surface area contributed by atoms with Gasteiger partial charge in [-0.05, 0) is 5.56 Å². The molecule has 0 aromatic heterocycles. The van der Waals surface area contributed by atoms with Gasteiger partial charge in [0, 0.05) is 0 Å². The van der Waals surface area contributed by atoms with Crippen molar-refractivity contribution in [1.29, 1.82) is 0 Å². The second kappa shape index (κ2) is 15.9. The van der Waals surface area contributed by atoms with Crippen LogP contribution in [0, 0.1) is 0 Å². The van der Waals surface area contributed by atoms with Crippen molar-refractivity contribution in [1.82, 2.24) is 0 Å². The van der Waals surface area contributed by atoms with Crippen LogP contribution in [0.2, 0.25) is 0 Å². The summed E-state index contributed by atoms with van der Waals surface area (Å²) < 4.78 is 52.7. The Bertz CT molecular complexity index is 550. The van der Waals surface area contributed by atoms with Crippen molar-refractivity contribution < 1.29 is 36.3 Å². The molecule has 156 valence electrons. The Morgan fingerprint density at radius 3 is 1.48 bits per heavy atom. The van der Waals surface area contributed by atoms with Crippen LogP contribution in [-0.2, 0) is 44.6 Å². The molecule has 0 saturated heterocycles. The third-order valence-corrected chi connectivity index (χ3v) is 3.72. The van der Waals surface area contributed by atoms with Crippen molar-refractivity contribution in [2.45, 2.75) is 6.61 Å². The van der Waals surface area contributed by atoms with Crippen LogP contribution in [0.5, 0.6) is 0 Å². The summed E-state index contributed by atoms with van der Waals surface area (Å²) in [6.45, 7) is 4.63. The van der Waals surface area contributed by atoms with Crippen molar-refractivity contribution >= 4 is 10.1 Å². The quantitative estimate of drug-likeness (QED) is 0.266. The maximum Gasteiger partial charge on any atom is 0.264 e. The molecule has 0 atom stereocenters. The second-order valence-corrected chi connectivity index (χ2v) is 7.16. The van der Waals surface area contributed by atoms with Gasteiger partial charge in [0.05, 0.1) is 78.9 Å². The molecule has 1 aromatic carbocycles. The van der Waals surface area contributed by atoms with E-state index in [0.29, 0.717) is 59.5 Å². The minimum atomic E-state index is -3.40. The molecule has 0 fully saturated rings. The summed E-state index contributed by atoms with van der Waals surface area (Å²) in [5.41, 5.74) is 1.15. The highest BCUT2D eigenvalue weighted by Crippen LogP contribution is 1.99. The van der Waals surface area contributed by atoms with Gasteiger partial charge < -0.3 is 23.7 Å². The zero-order valence-electron chi connectivity index (χ0n) is 15.8. The summed E-state index contributed by atoms with van der Waals surface area (Å²) in [4.78, 5) is 0. The Kier molecular flexibility index (Phi) is 14.1. The highest BCUT2D eigenvalue weighted by Gasteiger charge is 2.00. The molecule has 1 rings (SSSR count). The van der Waals surface area contributed by atoms with E-state index in [1.165, 1.54) is 0 Å². The summed E-state index contributed by atoms with van der Waals surface area (Å²) in [6, 6.07) is 10.00. The van der Waals surface area contributed by atoms with E-state index in [1.54, 1.807) is 0 Å². The molecule has 0 saturated carbocycles. The first-order valence-electron chi connectivity index (χ1n) is 8.85. The van der Waals surface area contributed by atoms with E-state index in [1.807, 2.05) is 30.3 Å². The maximum absolute atomic E-state index is 10.7. The van der Waals surface area contributed by atoms with Crippen molar-refractivity contribution in [3.05, 3.63) is 35.9 Å². The predicted octanol–water partition coefficient (Wildman–Crippen LogP) is 1.25. The Hall–Kier alpha value is -1.07. The minimum Gasteiger partial charge on any atom is -0.377 e. The van der Waals surface area contributed by atoms with E-state index in [4.69, 9.17) is 23.7 Å². The SMILES string of the molecule is CS(=O)(=O)OCCOCCOCCOCCOCCOCc1ccccc1. The first kappa shape index (κ1) is 24.0. The van der Waals surface area contributed by atoms with Crippen LogP contribution in [0.25, 0.3) is 0 Å². The fourth-order valence-electron chi connectivity index (χ4n) is 1.89. The average Bonchev–Trinajstić information content (AvgIpc) is 2.64. The largest absolute Gasteiger partial charge is 0.377 e. The van der Waals surface area contributed by atoms with Gasteiger partial charge in [-0.2, -0.15) is 8.42 Å². The molecular formula is C18H30O8S. The normalized spacial score (nSPS) is 11.7. The van der Waals surface area contributed by atoms with Gasteiger partial charge >= 0.3 is 0 Å². The lowest BCUT2D eigenvalue weighted by Crippen LogP contribution is -2.14. The molecule has 0 heterocycles. The van der Waals surface area contributed by atoms with Gasteiger partial charge in [-0.1, -0.05) is 30.3 Å². The molecule has 0 aliphatic carbocycles. The standard InChI is InChI=1S/C18H30O8S/c1-27(19,20)26-16-15-24-12-11-22-8-7-21-9-10-23-13-14-25-17-18-5-3-2-4-6-18/h2-6H,7-17H2,1H3. The van der Waals surface area contributed by atoms with Crippen LogP contribution in [-0.4, -0.2) is 80.7 Å². The zero-order valence-corrected chi connectivity index (χ0v) is 16.7. The average molecular weight is 406 g/mol. The number of hydrogen-bond acceptors (Lipinski definition) is 8. The van der Waals surface area contributed by atoms with Gasteiger partial charge in [-0.3, -0.25) is 4.18 Å². The van der Waals surface area contributed by atoms with Gasteiger partial charge in [0.2, 0.25) is 0 Å². The highest BCUT2D eigenvalue weighted by atomic mass is 32.2. The summed E-state index contributed by atoms with van der Waals surface area (Å²) >= 11 is 0. The molecule has 0 unspecified atom stereocenters. The Morgan fingerprint density at radius 1 is 0.630 bits per heavy atom. The molecule has 9 heteroatoms. The van der Waals surface area contributed by atoms with E-state index >= 15 is 0 Å². The van der Waals surface area contributed by atoms with Crippen molar-refractivity contribution in [2.75, 3.05) is 72.3 Å². The third-order valence-electron chi connectivity index (χ3n) is 3.12. The van der Waals surface area contributed by atoms with Crippen molar-refractivity contribution in [2.24, 2.45) is 0 Å². The van der Waals surface area contributed by atoms with Gasteiger partial charge in [-0.25, -0.2) is 0 Å². The van der Waals surface area contributed by atoms with E-state index in [9.17, 15) is 8.42 Å². The molecule has 0 spiro atoms. The highest BCUT2D eigenvalue weighted by molar-refractivity contribution is 7.85. The topological polar surface area (TPSA) is 89.5 Å². The summed E-state index contributed by atoms with van der Waals surface area (Å²) in [5, 5.41) is 0. The molecule has 1 aromatic rings. The van der Waals surface area contributed by atoms with E-state index < -0.39 is 10.1 Å². The Balaban J connectivity index is 1.72. The van der Waals surface area contributed by atoms with Gasteiger partial charge in [-0.15, -0.1) is 0 Å². The first-order chi connectivity index (χ1) is 13.1. The molecule has 0 radical (unpaired) electrons. The Morgan fingerprint density at radius 2 is 1.04 bits per heavy atom. The van der Waals surface area contributed by atoms with Crippen LogP contribution in [0.15, 0.2) is 30.3 Å². The van der Waals surface area contributed by atoms with Crippen LogP contribution in [0.1, 0.15) is 5.56 Å². The number of benzene rings is 1. The first-order valence-corrected chi connectivity index (χ1v) is 10.7. The summed E-state index contributed by atoms with van der Waals surface area (Å²) in [7, 11) is -3.40. The van der Waals surface area contributed by atoms with Gasteiger partial charge in [0.25, 0.3) is 10.1 Å². The molecule has 0 aliphatic heterocycles. The fourth-order valence-corrected chi connectivity index (χ4v) is 2.26. The van der Waals surface area contributed by atoms with Crippen molar-refractivity contribution in [3.63, 3.8) is 0 Å². The number of rotatable bonds is 18. The fraction of sp³-hybridized carbons (Fsp3) is 0.667. The second-order valence-electron chi connectivity index (χ2n) is 5.51. The van der Waals surface area contributed by atoms with Crippen LogP contribution >= 0.6 is 0 Å². The lowest BCUT2D eigenvalue weighted by molar-refractivity contribution is -0.0138. The smallest absolute Gasteiger partial charge is 0.264 e. The van der Waals surface area contributed by atoms with Crippen molar-refractivity contribution in [3.8, 4) is 0 Å². The minimum absolute atomic E-state index is 0.0131. The van der Waals surface area contributed by atoms with Gasteiger partial charge in [0.1, 0.15) is 0 Å². The van der Waals surface area contributed by atoms with Crippen LogP contribution < -0.4 is 0 Å². The molecule has 0 aliphatic rings. The Labute approximate surface area is 161 Å². The maximum atomic E-state index is 10.7. The molecule has 8 nitrogen and oxygen atoms in total.